The summed E-state index contributed by atoms with van der Waals surface area (Å²) in [7, 11) is 0. The van der Waals surface area contributed by atoms with Crippen LogP contribution in [0.1, 0.15) is 52.9 Å². The van der Waals surface area contributed by atoms with Crippen molar-refractivity contribution in [2.45, 2.75) is 65.0 Å². The Labute approximate surface area is 111 Å². The number of nitrogens with two attached hydrogens (primary N) is 1. The van der Waals surface area contributed by atoms with Gasteiger partial charge in [0, 0.05) is 18.6 Å². The van der Waals surface area contributed by atoms with Gasteiger partial charge in [-0.15, -0.1) is 0 Å². The van der Waals surface area contributed by atoms with Gasteiger partial charge in [0.2, 0.25) is 5.91 Å². The second-order valence-corrected chi connectivity index (χ2v) is 6.71. The molecule has 0 aromatic carbocycles. The second-order valence-electron chi connectivity index (χ2n) is 6.71. The van der Waals surface area contributed by atoms with E-state index in [1.54, 1.807) is 0 Å². The number of carbonyl (C=O) groups is 1. The normalized spacial score (nSPS) is 41.8. The van der Waals surface area contributed by atoms with Crippen molar-refractivity contribution in [2.75, 3.05) is 6.54 Å². The van der Waals surface area contributed by atoms with E-state index in [1.165, 1.54) is 12.8 Å². The van der Waals surface area contributed by atoms with E-state index in [1.807, 2.05) is 0 Å². The van der Waals surface area contributed by atoms with E-state index >= 15 is 0 Å². The Balaban J connectivity index is 2.04. The zero-order chi connectivity index (χ0) is 13.3. The lowest BCUT2D eigenvalue weighted by Gasteiger charge is -2.41. The highest BCUT2D eigenvalue weighted by atomic mass is 16.2. The average molecular weight is 252 g/mol. The molecule has 5 atom stereocenters. The predicted octanol–water partition coefficient (Wildman–Crippen LogP) is 2.40. The summed E-state index contributed by atoms with van der Waals surface area (Å²) in [5.41, 5.74) is 6.18. The van der Waals surface area contributed by atoms with Gasteiger partial charge in [-0.3, -0.25) is 4.79 Å². The van der Waals surface area contributed by atoms with Gasteiger partial charge < -0.3 is 10.6 Å². The predicted molar refractivity (Wildman–Crippen MR) is 74.1 cm³/mol. The van der Waals surface area contributed by atoms with Crippen LogP contribution < -0.4 is 5.73 Å². The molecule has 0 aromatic heterocycles. The van der Waals surface area contributed by atoms with Crippen LogP contribution in [-0.4, -0.2) is 29.4 Å². The number of hydrogen-bond acceptors (Lipinski definition) is 2. The Hall–Kier alpha value is -0.570. The molecule has 5 unspecified atom stereocenters. The fourth-order valence-electron chi connectivity index (χ4n) is 3.50. The number of likely N-dealkylation sites (tertiary alicyclic amines) is 1. The Morgan fingerprint density at radius 2 is 1.72 bits per heavy atom. The van der Waals surface area contributed by atoms with Crippen molar-refractivity contribution in [2.24, 2.45) is 23.5 Å². The third-order valence-corrected chi connectivity index (χ3v) is 4.88. The Morgan fingerprint density at radius 3 is 2.44 bits per heavy atom. The summed E-state index contributed by atoms with van der Waals surface area (Å²) in [5, 5.41) is 0. The second kappa shape index (κ2) is 5.60. The summed E-state index contributed by atoms with van der Waals surface area (Å²) < 4.78 is 0. The largest absolute Gasteiger partial charge is 0.339 e. The van der Waals surface area contributed by atoms with Crippen LogP contribution in [0.25, 0.3) is 0 Å². The van der Waals surface area contributed by atoms with E-state index in [0.29, 0.717) is 23.8 Å². The zero-order valence-corrected chi connectivity index (χ0v) is 12.1. The first kappa shape index (κ1) is 13.9. The fourth-order valence-corrected chi connectivity index (χ4v) is 3.50. The number of piperidine rings is 1. The highest BCUT2D eigenvalue weighted by Gasteiger charge is 2.37. The molecule has 2 fully saturated rings. The molecule has 104 valence electrons. The first-order chi connectivity index (χ1) is 8.49. The molecule has 18 heavy (non-hydrogen) atoms. The fraction of sp³-hybridized carbons (Fsp3) is 0.933. The van der Waals surface area contributed by atoms with Crippen LogP contribution in [0.2, 0.25) is 0 Å². The molecule has 2 N–H and O–H groups in total. The van der Waals surface area contributed by atoms with Crippen molar-refractivity contribution in [3.63, 3.8) is 0 Å². The molecule has 0 aromatic rings. The molecular weight excluding hydrogens is 224 g/mol. The van der Waals surface area contributed by atoms with Crippen LogP contribution >= 0.6 is 0 Å². The molecule has 3 heteroatoms. The van der Waals surface area contributed by atoms with Crippen LogP contribution in [0.3, 0.4) is 0 Å². The maximum Gasteiger partial charge on any atom is 0.227 e. The monoisotopic (exact) mass is 252 g/mol. The molecule has 3 nitrogen and oxygen atoms in total. The Kier molecular flexibility index (Phi) is 4.31. The Bertz CT molecular complexity index is 277. The first-order valence-electron chi connectivity index (χ1n) is 7.55. The standard InChI is InChI=1S/C15H28N2O/c1-10-5-7-14(16)13(8-10)15(18)17-9-11(2)4-6-12(17)3/h10-14H,4-9,16H2,1-3H3. The molecule has 1 saturated carbocycles. The summed E-state index contributed by atoms with van der Waals surface area (Å²) in [5.74, 6) is 1.69. The minimum absolute atomic E-state index is 0.0708. The van der Waals surface area contributed by atoms with E-state index in [0.717, 1.165) is 25.8 Å². The highest BCUT2D eigenvalue weighted by Crippen LogP contribution is 2.31. The van der Waals surface area contributed by atoms with Crippen molar-refractivity contribution in [3.8, 4) is 0 Å². The summed E-state index contributed by atoms with van der Waals surface area (Å²) in [6, 6.07) is 0.483. The maximum absolute atomic E-state index is 12.7. The molecule has 1 heterocycles. The summed E-state index contributed by atoms with van der Waals surface area (Å²) in [6.07, 6.45) is 5.56. The zero-order valence-electron chi connectivity index (χ0n) is 12.1. The van der Waals surface area contributed by atoms with Gasteiger partial charge in [-0.25, -0.2) is 0 Å². The Morgan fingerprint density at radius 1 is 1.06 bits per heavy atom. The molecule has 0 radical (unpaired) electrons. The maximum atomic E-state index is 12.7. The summed E-state index contributed by atoms with van der Waals surface area (Å²) >= 11 is 0. The molecule has 1 aliphatic carbocycles. The molecule has 0 bridgehead atoms. The summed E-state index contributed by atoms with van der Waals surface area (Å²) in [4.78, 5) is 14.8. The van der Waals surface area contributed by atoms with Gasteiger partial charge in [-0.1, -0.05) is 13.8 Å². The van der Waals surface area contributed by atoms with Crippen LogP contribution in [0.4, 0.5) is 0 Å². The number of amides is 1. The van der Waals surface area contributed by atoms with Crippen LogP contribution in [0, 0.1) is 17.8 Å². The van der Waals surface area contributed by atoms with Gasteiger partial charge in [-0.05, 0) is 50.9 Å². The van der Waals surface area contributed by atoms with Crippen molar-refractivity contribution in [1.29, 1.82) is 0 Å². The third-order valence-electron chi connectivity index (χ3n) is 4.88. The van der Waals surface area contributed by atoms with E-state index in [9.17, 15) is 4.79 Å². The molecule has 0 spiro atoms. The number of hydrogen-bond donors (Lipinski definition) is 1. The molecule has 1 saturated heterocycles. The van der Waals surface area contributed by atoms with Gasteiger partial charge in [0.1, 0.15) is 0 Å². The van der Waals surface area contributed by atoms with Crippen LogP contribution in [0.15, 0.2) is 0 Å². The topological polar surface area (TPSA) is 46.3 Å². The number of carbonyl (C=O) groups excluding carboxylic acids is 1. The van der Waals surface area contributed by atoms with E-state index in [-0.39, 0.29) is 12.0 Å². The van der Waals surface area contributed by atoms with Gasteiger partial charge in [-0.2, -0.15) is 0 Å². The third kappa shape index (κ3) is 2.87. The minimum atomic E-state index is 0.0708. The number of rotatable bonds is 1. The van der Waals surface area contributed by atoms with Crippen molar-refractivity contribution < 1.29 is 4.79 Å². The van der Waals surface area contributed by atoms with E-state index in [2.05, 4.69) is 25.7 Å². The lowest BCUT2D eigenvalue weighted by molar-refractivity contribution is -0.142. The quantitative estimate of drug-likeness (QED) is 0.779. The lowest BCUT2D eigenvalue weighted by Crippen LogP contribution is -2.52. The molecular formula is C15H28N2O. The average Bonchev–Trinajstić information content (AvgIpc) is 2.34. The van der Waals surface area contributed by atoms with E-state index < -0.39 is 0 Å². The highest BCUT2D eigenvalue weighted by molar-refractivity contribution is 5.80. The van der Waals surface area contributed by atoms with Crippen molar-refractivity contribution in [3.05, 3.63) is 0 Å². The molecule has 2 rings (SSSR count). The molecule has 2 aliphatic rings. The lowest BCUT2D eigenvalue weighted by atomic mass is 9.78. The van der Waals surface area contributed by atoms with Gasteiger partial charge in [0.05, 0.1) is 5.92 Å². The van der Waals surface area contributed by atoms with Crippen molar-refractivity contribution >= 4 is 5.91 Å². The van der Waals surface area contributed by atoms with Gasteiger partial charge in [0.25, 0.3) is 0 Å². The van der Waals surface area contributed by atoms with Crippen molar-refractivity contribution in [1.82, 2.24) is 4.90 Å². The van der Waals surface area contributed by atoms with Gasteiger partial charge >= 0.3 is 0 Å². The van der Waals surface area contributed by atoms with E-state index in [4.69, 9.17) is 5.73 Å². The SMILES string of the molecule is CC1CCC(N)C(C(=O)N2CC(C)CCC2C)C1. The minimum Gasteiger partial charge on any atom is -0.339 e. The first-order valence-corrected chi connectivity index (χ1v) is 7.55. The van der Waals surface area contributed by atoms with Crippen LogP contribution in [-0.2, 0) is 4.79 Å². The molecule has 1 amide bonds. The smallest absolute Gasteiger partial charge is 0.227 e. The molecule has 1 aliphatic heterocycles. The number of nitrogens with zero attached hydrogens (tertiary/aromatic N) is 1. The van der Waals surface area contributed by atoms with Gasteiger partial charge in [0.15, 0.2) is 0 Å². The van der Waals surface area contributed by atoms with Crippen LogP contribution in [0.5, 0.6) is 0 Å². The summed E-state index contributed by atoms with van der Waals surface area (Å²) in [6.45, 7) is 7.60.